The summed E-state index contributed by atoms with van der Waals surface area (Å²) in [6, 6.07) is 16.5. The lowest BCUT2D eigenvalue weighted by atomic mass is 10.1. The van der Waals surface area contributed by atoms with Crippen LogP contribution < -0.4 is 15.4 Å². The number of rotatable bonds is 6. The van der Waals surface area contributed by atoms with Crippen LogP contribution in [0.3, 0.4) is 0 Å². The van der Waals surface area contributed by atoms with E-state index >= 15 is 0 Å². The van der Waals surface area contributed by atoms with Gasteiger partial charge in [-0.3, -0.25) is 4.99 Å². The molecule has 0 saturated heterocycles. The Balaban J connectivity index is 0.00000288. The summed E-state index contributed by atoms with van der Waals surface area (Å²) in [7, 11) is 3.50. The third kappa shape index (κ3) is 6.39. The third-order valence-corrected chi connectivity index (χ3v) is 3.65. The first-order valence-corrected chi connectivity index (χ1v) is 7.85. The number of ether oxygens (including phenoxy) is 1. The fourth-order valence-corrected chi connectivity index (χ4v) is 2.42. The predicted molar refractivity (Wildman–Crippen MR) is 111 cm³/mol. The Bertz CT molecular complexity index is 644. The van der Waals surface area contributed by atoms with Crippen molar-refractivity contribution in [3.8, 4) is 5.75 Å². The second-order valence-corrected chi connectivity index (χ2v) is 5.40. The van der Waals surface area contributed by atoms with E-state index in [1.807, 2.05) is 24.3 Å². The van der Waals surface area contributed by atoms with Gasteiger partial charge in [0.05, 0.1) is 7.11 Å². The number of nitrogens with zero attached hydrogens (tertiary/aromatic N) is 1. The highest BCUT2D eigenvalue weighted by atomic mass is 127. The quantitative estimate of drug-likeness (QED) is 0.411. The maximum atomic E-state index is 5.42. The molecule has 0 heterocycles. The van der Waals surface area contributed by atoms with Crippen LogP contribution in [0.5, 0.6) is 5.75 Å². The van der Waals surface area contributed by atoms with Gasteiger partial charge in [-0.1, -0.05) is 48.0 Å². The van der Waals surface area contributed by atoms with Gasteiger partial charge in [0, 0.05) is 20.1 Å². The van der Waals surface area contributed by atoms with Gasteiger partial charge in [-0.15, -0.1) is 24.0 Å². The normalized spacial score (nSPS) is 10.7. The largest absolute Gasteiger partial charge is 0.496 e. The molecule has 0 aliphatic heterocycles. The van der Waals surface area contributed by atoms with Crippen molar-refractivity contribution < 1.29 is 4.74 Å². The average Bonchev–Trinajstić information content (AvgIpc) is 2.59. The summed E-state index contributed by atoms with van der Waals surface area (Å²) in [6.45, 7) is 3.65. The number of halogens is 1. The van der Waals surface area contributed by atoms with E-state index in [1.54, 1.807) is 14.2 Å². The zero-order chi connectivity index (χ0) is 16.5. The molecule has 0 amide bonds. The van der Waals surface area contributed by atoms with Crippen LogP contribution >= 0.6 is 24.0 Å². The first-order chi connectivity index (χ1) is 11.2. The lowest BCUT2D eigenvalue weighted by molar-refractivity contribution is 0.409. The second kappa shape index (κ2) is 10.9. The zero-order valence-corrected chi connectivity index (χ0v) is 16.8. The Morgan fingerprint density at radius 1 is 1.08 bits per heavy atom. The number of aliphatic imine (C=N–C) groups is 1. The van der Waals surface area contributed by atoms with Crippen LogP contribution in [0.4, 0.5) is 0 Å². The Labute approximate surface area is 161 Å². The summed E-state index contributed by atoms with van der Waals surface area (Å²) < 4.78 is 5.42. The minimum atomic E-state index is 0. The molecule has 2 aromatic rings. The van der Waals surface area contributed by atoms with E-state index in [-0.39, 0.29) is 24.0 Å². The average molecular weight is 439 g/mol. The van der Waals surface area contributed by atoms with Gasteiger partial charge in [-0.2, -0.15) is 0 Å². The van der Waals surface area contributed by atoms with Crippen molar-refractivity contribution in [2.45, 2.75) is 19.9 Å². The van der Waals surface area contributed by atoms with E-state index in [0.29, 0.717) is 0 Å². The molecule has 0 bridgehead atoms. The third-order valence-electron chi connectivity index (χ3n) is 3.65. The number of nitrogens with one attached hydrogen (secondary N) is 2. The molecule has 5 heteroatoms. The van der Waals surface area contributed by atoms with Gasteiger partial charge in [-0.05, 0) is 30.5 Å². The van der Waals surface area contributed by atoms with Crippen LogP contribution in [-0.2, 0) is 13.0 Å². The number of guanidine groups is 1. The number of hydrogen-bond acceptors (Lipinski definition) is 2. The second-order valence-electron chi connectivity index (χ2n) is 5.40. The van der Waals surface area contributed by atoms with E-state index in [0.717, 1.165) is 31.2 Å². The van der Waals surface area contributed by atoms with Crippen molar-refractivity contribution in [3.63, 3.8) is 0 Å². The van der Waals surface area contributed by atoms with Gasteiger partial charge in [-0.25, -0.2) is 0 Å². The molecule has 0 saturated carbocycles. The monoisotopic (exact) mass is 439 g/mol. The topological polar surface area (TPSA) is 45.7 Å². The van der Waals surface area contributed by atoms with Crippen LogP contribution in [0.1, 0.15) is 16.7 Å². The Hall–Kier alpha value is -1.76. The first-order valence-electron chi connectivity index (χ1n) is 7.85. The molecule has 0 aliphatic rings. The molecule has 4 nitrogen and oxygen atoms in total. The molecular formula is C19H26IN3O. The standard InChI is InChI=1S/C19H25N3O.HI/c1-15-9-10-18(23-3)17(13-15)11-12-21-19(20-2)22-14-16-7-5-4-6-8-16;/h4-10,13H,11-12,14H2,1-3H3,(H2,20,21,22);1H. The van der Waals surface area contributed by atoms with Gasteiger partial charge >= 0.3 is 0 Å². The highest BCUT2D eigenvalue weighted by Gasteiger charge is 2.04. The van der Waals surface area contributed by atoms with Crippen LogP contribution in [-0.4, -0.2) is 26.7 Å². The molecule has 0 radical (unpaired) electrons. The van der Waals surface area contributed by atoms with Crippen molar-refractivity contribution in [2.24, 2.45) is 4.99 Å². The number of benzene rings is 2. The van der Waals surface area contributed by atoms with E-state index < -0.39 is 0 Å². The van der Waals surface area contributed by atoms with Gasteiger partial charge in [0.1, 0.15) is 5.75 Å². The van der Waals surface area contributed by atoms with Crippen molar-refractivity contribution >= 4 is 29.9 Å². The molecule has 2 rings (SSSR count). The molecule has 2 N–H and O–H groups in total. The van der Waals surface area contributed by atoms with Crippen molar-refractivity contribution in [1.29, 1.82) is 0 Å². The van der Waals surface area contributed by atoms with Gasteiger partial charge in [0.25, 0.3) is 0 Å². The maximum Gasteiger partial charge on any atom is 0.191 e. The van der Waals surface area contributed by atoms with Crippen LogP contribution in [0.25, 0.3) is 0 Å². The highest BCUT2D eigenvalue weighted by molar-refractivity contribution is 14.0. The lowest BCUT2D eigenvalue weighted by Crippen LogP contribution is -2.37. The fourth-order valence-electron chi connectivity index (χ4n) is 2.42. The molecule has 0 spiro atoms. The van der Waals surface area contributed by atoms with Crippen molar-refractivity contribution in [1.82, 2.24) is 10.6 Å². The molecule has 0 unspecified atom stereocenters. The summed E-state index contributed by atoms with van der Waals surface area (Å²) in [4.78, 5) is 4.26. The number of methoxy groups -OCH3 is 1. The maximum absolute atomic E-state index is 5.42. The molecule has 24 heavy (non-hydrogen) atoms. The molecule has 0 atom stereocenters. The van der Waals surface area contributed by atoms with E-state index in [2.05, 4.69) is 46.8 Å². The summed E-state index contributed by atoms with van der Waals surface area (Å²) in [5.41, 5.74) is 3.68. The van der Waals surface area contributed by atoms with Crippen LogP contribution in [0, 0.1) is 6.92 Å². The summed E-state index contributed by atoms with van der Waals surface area (Å²) in [6.07, 6.45) is 0.886. The fraction of sp³-hybridized carbons (Fsp3) is 0.316. The van der Waals surface area contributed by atoms with E-state index in [4.69, 9.17) is 4.74 Å². The smallest absolute Gasteiger partial charge is 0.191 e. The molecule has 2 aromatic carbocycles. The Morgan fingerprint density at radius 3 is 2.50 bits per heavy atom. The minimum absolute atomic E-state index is 0. The number of aryl methyl sites for hydroxylation is 1. The summed E-state index contributed by atoms with van der Waals surface area (Å²) >= 11 is 0. The highest BCUT2D eigenvalue weighted by Crippen LogP contribution is 2.19. The number of hydrogen-bond donors (Lipinski definition) is 2. The zero-order valence-electron chi connectivity index (χ0n) is 14.5. The lowest BCUT2D eigenvalue weighted by Gasteiger charge is -2.13. The molecule has 0 aliphatic carbocycles. The van der Waals surface area contributed by atoms with Crippen molar-refractivity contribution in [2.75, 3.05) is 20.7 Å². The summed E-state index contributed by atoms with van der Waals surface area (Å²) in [5, 5.41) is 6.66. The summed E-state index contributed by atoms with van der Waals surface area (Å²) in [5.74, 6) is 1.74. The van der Waals surface area contributed by atoms with E-state index in [9.17, 15) is 0 Å². The van der Waals surface area contributed by atoms with Gasteiger partial charge in [0.15, 0.2) is 5.96 Å². The van der Waals surface area contributed by atoms with Crippen molar-refractivity contribution in [3.05, 3.63) is 65.2 Å². The minimum Gasteiger partial charge on any atom is -0.496 e. The van der Waals surface area contributed by atoms with Gasteiger partial charge < -0.3 is 15.4 Å². The Kier molecular flexibility index (Phi) is 9.22. The van der Waals surface area contributed by atoms with E-state index in [1.165, 1.54) is 16.7 Å². The SMILES string of the molecule is CN=C(NCCc1cc(C)ccc1OC)NCc1ccccc1.I. The predicted octanol–water partition coefficient (Wildman–Crippen LogP) is 3.53. The molecular weight excluding hydrogens is 413 g/mol. The molecule has 130 valence electrons. The Morgan fingerprint density at radius 2 is 1.83 bits per heavy atom. The van der Waals surface area contributed by atoms with Crippen LogP contribution in [0.15, 0.2) is 53.5 Å². The molecule has 0 aromatic heterocycles. The van der Waals surface area contributed by atoms with Gasteiger partial charge in [0.2, 0.25) is 0 Å². The molecule has 0 fully saturated rings. The van der Waals surface area contributed by atoms with Crippen LogP contribution in [0.2, 0.25) is 0 Å². The first kappa shape index (κ1) is 20.3.